The van der Waals surface area contributed by atoms with Gasteiger partial charge in [0.05, 0.1) is 12.0 Å². The zero-order valence-corrected chi connectivity index (χ0v) is 14.9. The summed E-state index contributed by atoms with van der Waals surface area (Å²) in [5.74, 6) is 0.307. The first-order valence-electron chi connectivity index (χ1n) is 8.54. The Morgan fingerprint density at radius 1 is 1.30 bits per heavy atom. The van der Waals surface area contributed by atoms with Crippen molar-refractivity contribution in [3.63, 3.8) is 0 Å². The highest BCUT2D eigenvalue weighted by atomic mass is 32.1. The first kappa shape index (κ1) is 16.6. The Balaban J connectivity index is 1.68. The normalized spacial score (nSPS) is 24.9. The SMILES string of the molecule is CCCc1nnc(N2CC[C@@]3(CCCN(CCOC)C3=O)C2)s1. The number of amides is 1. The molecule has 0 aromatic carbocycles. The van der Waals surface area contributed by atoms with Crippen molar-refractivity contribution in [3.05, 3.63) is 5.01 Å². The number of aryl methyl sites for hydroxylation is 1. The van der Waals surface area contributed by atoms with Crippen molar-refractivity contribution in [1.82, 2.24) is 15.1 Å². The molecule has 3 heterocycles. The number of likely N-dealkylation sites (tertiary alicyclic amines) is 1. The van der Waals surface area contributed by atoms with Crippen LogP contribution in [-0.2, 0) is 16.0 Å². The first-order valence-corrected chi connectivity index (χ1v) is 9.36. The summed E-state index contributed by atoms with van der Waals surface area (Å²) < 4.78 is 5.14. The summed E-state index contributed by atoms with van der Waals surface area (Å²) in [5.41, 5.74) is -0.220. The van der Waals surface area contributed by atoms with Crippen molar-refractivity contribution in [1.29, 1.82) is 0 Å². The van der Waals surface area contributed by atoms with Gasteiger partial charge in [0.25, 0.3) is 0 Å². The summed E-state index contributed by atoms with van der Waals surface area (Å²) in [7, 11) is 1.69. The monoisotopic (exact) mass is 338 g/mol. The molecule has 2 saturated heterocycles. The molecular weight excluding hydrogens is 312 g/mol. The molecule has 0 unspecified atom stereocenters. The predicted octanol–water partition coefficient (Wildman–Crippen LogP) is 1.96. The average Bonchev–Trinajstić information content (AvgIpc) is 3.17. The van der Waals surface area contributed by atoms with E-state index in [4.69, 9.17) is 4.74 Å². The maximum Gasteiger partial charge on any atom is 0.230 e. The second-order valence-electron chi connectivity index (χ2n) is 6.57. The highest BCUT2D eigenvalue weighted by Crippen LogP contribution is 2.42. The fourth-order valence-electron chi connectivity index (χ4n) is 3.67. The molecule has 6 nitrogen and oxygen atoms in total. The summed E-state index contributed by atoms with van der Waals surface area (Å²) in [4.78, 5) is 17.2. The van der Waals surface area contributed by atoms with E-state index in [-0.39, 0.29) is 5.41 Å². The fraction of sp³-hybridized carbons (Fsp3) is 0.812. The lowest BCUT2D eigenvalue weighted by Gasteiger charge is -2.39. The van der Waals surface area contributed by atoms with Crippen LogP contribution in [0.3, 0.4) is 0 Å². The molecular formula is C16H26N4O2S. The second-order valence-corrected chi connectivity index (χ2v) is 7.61. The number of carbonyl (C=O) groups excluding carboxylic acids is 1. The lowest BCUT2D eigenvalue weighted by molar-refractivity contribution is -0.145. The molecule has 3 rings (SSSR count). The number of methoxy groups -OCH3 is 1. The van der Waals surface area contributed by atoms with Gasteiger partial charge in [-0.2, -0.15) is 0 Å². The number of ether oxygens (including phenoxy) is 1. The van der Waals surface area contributed by atoms with Gasteiger partial charge in [-0.25, -0.2) is 0 Å². The van der Waals surface area contributed by atoms with Crippen LogP contribution in [0.15, 0.2) is 0 Å². The Labute approximate surface area is 141 Å². The number of rotatable bonds is 6. The smallest absolute Gasteiger partial charge is 0.230 e. The van der Waals surface area contributed by atoms with E-state index < -0.39 is 0 Å². The Hall–Kier alpha value is -1.21. The Morgan fingerprint density at radius 3 is 2.96 bits per heavy atom. The highest BCUT2D eigenvalue weighted by molar-refractivity contribution is 7.15. The number of aromatic nitrogens is 2. The molecule has 0 N–H and O–H groups in total. The topological polar surface area (TPSA) is 58.6 Å². The number of hydrogen-bond acceptors (Lipinski definition) is 6. The van der Waals surface area contributed by atoms with Gasteiger partial charge in [-0.05, 0) is 25.7 Å². The van der Waals surface area contributed by atoms with E-state index in [9.17, 15) is 4.79 Å². The number of hydrogen-bond donors (Lipinski definition) is 0. The van der Waals surface area contributed by atoms with E-state index in [0.717, 1.165) is 61.9 Å². The molecule has 1 aromatic rings. The van der Waals surface area contributed by atoms with Gasteiger partial charge in [0.1, 0.15) is 5.01 Å². The number of nitrogens with zero attached hydrogens (tertiary/aromatic N) is 4. The van der Waals surface area contributed by atoms with E-state index >= 15 is 0 Å². The van der Waals surface area contributed by atoms with Gasteiger partial charge in [0.2, 0.25) is 11.0 Å². The molecule has 0 radical (unpaired) electrons. The van der Waals surface area contributed by atoms with Crippen LogP contribution in [0.4, 0.5) is 5.13 Å². The van der Waals surface area contributed by atoms with E-state index in [1.54, 1.807) is 18.4 Å². The third kappa shape index (κ3) is 3.35. The minimum atomic E-state index is -0.220. The van der Waals surface area contributed by atoms with E-state index in [0.29, 0.717) is 19.1 Å². The molecule has 1 aromatic heterocycles. The molecule has 23 heavy (non-hydrogen) atoms. The molecule has 1 atom stereocenters. The molecule has 7 heteroatoms. The molecule has 0 bridgehead atoms. The van der Waals surface area contributed by atoms with Gasteiger partial charge in [-0.15, -0.1) is 10.2 Å². The van der Waals surface area contributed by atoms with Crippen molar-refractivity contribution in [2.75, 3.05) is 44.8 Å². The minimum absolute atomic E-state index is 0.220. The molecule has 2 aliphatic rings. The molecule has 128 valence electrons. The maximum atomic E-state index is 13.0. The predicted molar refractivity (Wildman–Crippen MR) is 90.9 cm³/mol. The number of piperidine rings is 1. The van der Waals surface area contributed by atoms with Crippen LogP contribution in [0.1, 0.15) is 37.6 Å². The Bertz CT molecular complexity index is 550. The molecule has 2 aliphatic heterocycles. The fourth-order valence-corrected chi connectivity index (χ4v) is 4.63. The second kappa shape index (κ2) is 7.13. The number of anilines is 1. The average molecular weight is 338 g/mol. The quantitative estimate of drug-likeness (QED) is 0.793. The zero-order valence-electron chi connectivity index (χ0n) is 14.1. The van der Waals surface area contributed by atoms with Crippen molar-refractivity contribution in [2.45, 2.75) is 39.0 Å². The van der Waals surface area contributed by atoms with Crippen LogP contribution in [-0.4, -0.2) is 60.9 Å². The van der Waals surface area contributed by atoms with Crippen molar-refractivity contribution in [2.24, 2.45) is 5.41 Å². The van der Waals surface area contributed by atoms with Gasteiger partial charge in [0, 0.05) is 39.7 Å². The van der Waals surface area contributed by atoms with Crippen molar-refractivity contribution >= 4 is 22.4 Å². The van der Waals surface area contributed by atoms with Gasteiger partial charge in [-0.1, -0.05) is 18.3 Å². The lowest BCUT2D eigenvalue weighted by atomic mass is 9.78. The van der Waals surface area contributed by atoms with Gasteiger partial charge >= 0.3 is 0 Å². The highest BCUT2D eigenvalue weighted by Gasteiger charge is 2.48. The van der Waals surface area contributed by atoms with E-state index in [2.05, 4.69) is 22.0 Å². The molecule has 0 aliphatic carbocycles. The van der Waals surface area contributed by atoms with Crippen LogP contribution in [0, 0.1) is 5.41 Å². The van der Waals surface area contributed by atoms with Gasteiger partial charge in [0.15, 0.2) is 0 Å². The molecule has 1 amide bonds. The Morgan fingerprint density at radius 2 is 2.17 bits per heavy atom. The third-order valence-corrected chi connectivity index (χ3v) is 5.98. The first-order chi connectivity index (χ1) is 11.2. The lowest BCUT2D eigenvalue weighted by Crippen LogP contribution is -2.50. The van der Waals surface area contributed by atoms with Crippen LogP contribution in [0.2, 0.25) is 0 Å². The van der Waals surface area contributed by atoms with Crippen LogP contribution < -0.4 is 4.90 Å². The summed E-state index contributed by atoms with van der Waals surface area (Å²) in [5, 5.41) is 10.7. The summed E-state index contributed by atoms with van der Waals surface area (Å²) in [6.07, 6.45) is 5.08. The van der Waals surface area contributed by atoms with Crippen molar-refractivity contribution in [3.8, 4) is 0 Å². The largest absolute Gasteiger partial charge is 0.383 e. The minimum Gasteiger partial charge on any atom is -0.383 e. The third-order valence-electron chi connectivity index (χ3n) is 4.93. The molecule has 2 fully saturated rings. The summed E-state index contributed by atoms with van der Waals surface area (Å²) >= 11 is 1.68. The summed E-state index contributed by atoms with van der Waals surface area (Å²) in [6, 6.07) is 0. The molecule has 0 saturated carbocycles. The Kier molecular flexibility index (Phi) is 5.16. The standard InChI is InChI=1S/C16H26N4O2S/c1-3-5-13-17-18-15(23-13)20-9-7-16(12-20)6-4-8-19(14(16)21)10-11-22-2/h3-12H2,1-2H3/t16-/m0/s1. The van der Waals surface area contributed by atoms with E-state index in [1.807, 2.05) is 4.90 Å². The van der Waals surface area contributed by atoms with Crippen LogP contribution >= 0.6 is 11.3 Å². The van der Waals surface area contributed by atoms with Gasteiger partial charge < -0.3 is 14.5 Å². The van der Waals surface area contributed by atoms with Crippen LogP contribution in [0.5, 0.6) is 0 Å². The maximum absolute atomic E-state index is 13.0. The van der Waals surface area contributed by atoms with Gasteiger partial charge in [-0.3, -0.25) is 4.79 Å². The van der Waals surface area contributed by atoms with Crippen molar-refractivity contribution < 1.29 is 9.53 Å². The van der Waals surface area contributed by atoms with E-state index in [1.165, 1.54) is 0 Å². The number of carbonyl (C=O) groups is 1. The van der Waals surface area contributed by atoms with Crippen LogP contribution in [0.25, 0.3) is 0 Å². The summed E-state index contributed by atoms with van der Waals surface area (Å²) in [6.45, 7) is 6.03. The zero-order chi connectivity index (χ0) is 16.3. The molecule has 1 spiro atoms.